The van der Waals surface area contributed by atoms with Gasteiger partial charge in [-0.1, -0.05) is 0 Å². The minimum Gasteiger partial charge on any atom is -0.357 e. The summed E-state index contributed by atoms with van der Waals surface area (Å²) in [5.74, 6) is -1.32. The quantitative estimate of drug-likeness (QED) is 0.557. The van der Waals surface area contributed by atoms with Crippen LogP contribution < -0.4 is 16.4 Å². The third kappa shape index (κ3) is 6.10. The van der Waals surface area contributed by atoms with E-state index in [0.29, 0.717) is 19.4 Å². The van der Waals surface area contributed by atoms with E-state index in [0.717, 1.165) is 0 Å². The van der Waals surface area contributed by atoms with Crippen molar-refractivity contribution in [1.29, 1.82) is 0 Å². The molecule has 4 N–H and O–H groups in total. The number of aliphatic imine (C=N–C) groups is 1. The Morgan fingerprint density at radius 1 is 1.26 bits per heavy atom. The van der Waals surface area contributed by atoms with Crippen molar-refractivity contribution in [3.8, 4) is 0 Å². The van der Waals surface area contributed by atoms with Gasteiger partial charge in [0.2, 0.25) is 11.8 Å². The molecule has 3 amide bonds. The monoisotopic (exact) mass is 270 g/mol. The average molecular weight is 270 g/mol. The first kappa shape index (κ1) is 17.2. The highest BCUT2D eigenvalue weighted by molar-refractivity contribution is 6.40. The molecule has 0 saturated carbocycles. The van der Waals surface area contributed by atoms with Crippen molar-refractivity contribution in [3.05, 3.63) is 0 Å². The second-order valence-electron chi connectivity index (χ2n) is 4.63. The van der Waals surface area contributed by atoms with E-state index in [1.54, 1.807) is 13.8 Å². The summed E-state index contributed by atoms with van der Waals surface area (Å²) in [5.41, 5.74) is 4.38. The van der Waals surface area contributed by atoms with Gasteiger partial charge in [0.25, 0.3) is 5.91 Å². The van der Waals surface area contributed by atoms with Crippen molar-refractivity contribution in [1.82, 2.24) is 10.6 Å². The van der Waals surface area contributed by atoms with Crippen LogP contribution in [-0.4, -0.2) is 42.6 Å². The van der Waals surface area contributed by atoms with Crippen LogP contribution in [0.3, 0.4) is 0 Å². The van der Waals surface area contributed by atoms with E-state index in [-0.39, 0.29) is 11.6 Å². The molecule has 0 aliphatic heterocycles. The summed E-state index contributed by atoms with van der Waals surface area (Å²) in [4.78, 5) is 38.2. The van der Waals surface area contributed by atoms with Crippen LogP contribution in [-0.2, 0) is 14.4 Å². The van der Waals surface area contributed by atoms with E-state index >= 15 is 0 Å². The normalized spacial score (nSPS) is 11.9. The number of likely N-dealkylation sites (N-methyl/N-ethyl adjacent to an activating group) is 1. The summed E-state index contributed by atoms with van der Waals surface area (Å²) in [7, 11) is 1.48. The third-order valence-electron chi connectivity index (χ3n) is 2.39. The van der Waals surface area contributed by atoms with Crippen molar-refractivity contribution in [3.63, 3.8) is 0 Å². The molecule has 0 aromatic heterocycles. The molecule has 0 fully saturated rings. The average Bonchev–Trinajstić information content (AvgIpc) is 2.32. The lowest BCUT2D eigenvalue weighted by atomic mass is 10.0. The van der Waals surface area contributed by atoms with Gasteiger partial charge in [0, 0.05) is 14.0 Å². The molecule has 0 atom stereocenters. The van der Waals surface area contributed by atoms with Crippen molar-refractivity contribution >= 4 is 23.4 Å². The van der Waals surface area contributed by atoms with E-state index in [4.69, 9.17) is 5.73 Å². The van der Waals surface area contributed by atoms with Gasteiger partial charge in [0.1, 0.15) is 11.3 Å². The molecule has 19 heavy (non-hydrogen) atoms. The van der Waals surface area contributed by atoms with Crippen LogP contribution in [0.1, 0.15) is 33.6 Å². The number of nitrogens with one attached hydrogen (secondary N) is 2. The minimum absolute atomic E-state index is 0.0925. The Balaban J connectivity index is 4.92. The number of rotatable bonds is 6. The lowest BCUT2D eigenvalue weighted by Crippen LogP contribution is -2.55. The maximum atomic E-state index is 12.0. The van der Waals surface area contributed by atoms with Crippen LogP contribution in [0.25, 0.3) is 0 Å². The molecule has 0 rings (SSSR count). The van der Waals surface area contributed by atoms with E-state index < -0.39 is 17.4 Å². The Labute approximate surface area is 113 Å². The molecule has 0 aliphatic rings. The lowest BCUT2D eigenvalue weighted by molar-refractivity contribution is -0.129. The van der Waals surface area contributed by atoms with E-state index in [1.807, 2.05) is 0 Å². The Morgan fingerprint density at radius 3 is 2.26 bits per heavy atom. The zero-order valence-corrected chi connectivity index (χ0v) is 11.9. The van der Waals surface area contributed by atoms with Crippen LogP contribution in [0, 0.1) is 0 Å². The first-order valence-electron chi connectivity index (χ1n) is 6.07. The second kappa shape index (κ2) is 7.63. The Bertz CT molecular complexity index is 388. The minimum atomic E-state index is -1.08. The fourth-order valence-electron chi connectivity index (χ4n) is 1.41. The largest absolute Gasteiger partial charge is 0.357 e. The van der Waals surface area contributed by atoms with Gasteiger partial charge in [0.05, 0.1) is 0 Å². The highest BCUT2D eigenvalue weighted by atomic mass is 16.2. The number of hydrogen-bond donors (Lipinski definition) is 3. The second-order valence-corrected chi connectivity index (χ2v) is 4.63. The van der Waals surface area contributed by atoms with Gasteiger partial charge in [-0.25, -0.2) is 4.99 Å². The van der Waals surface area contributed by atoms with Crippen molar-refractivity contribution in [2.45, 2.75) is 39.2 Å². The molecule has 7 nitrogen and oxygen atoms in total. The maximum Gasteiger partial charge on any atom is 0.266 e. The molecule has 0 aromatic rings. The molecule has 0 spiro atoms. The molecule has 0 heterocycles. The molecule has 7 heteroatoms. The Kier molecular flexibility index (Phi) is 6.92. The van der Waals surface area contributed by atoms with Crippen LogP contribution in [0.5, 0.6) is 0 Å². The molecule has 0 saturated heterocycles. The number of nitrogens with two attached hydrogens (primary N) is 1. The van der Waals surface area contributed by atoms with Gasteiger partial charge < -0.3 is 16.4 Å². The zero-order chi connectivity index (χ0) is 15.1. The number of nitrogens with zero attached hydrogens (tertiary/aromatic N) is 1. The lowest BCUT2D eigenvalue weighted by Gasteiger charge is -2.24. The van der Waals surface area contributed by atoms with E-state index in [2.05, 4.69) is 15.6 Å². The fraction of sp³-hybridized carbons (Fsp3) is 0.667. The number of amides is 3. The SMILES string of the molecule is CNC(=O)C(C)(C)NC(=O)C(CCCN)=NC(C)=O. The predicted molar refractivity (Wildman–Crippen MR) is 72.7 cm³/mol. The van der Waals surface area contributed by atoms with Crippen molar-refractivity contribution in [2.75, 3.05) is 13.6 Å². The highest BCUT2D eigenvalue weighted by Crippen LogP contribution is 2.03. The van der Waals surface area contributed by atoms with Gasteiger partial charge in [-0.05, 0) is 33.2 Å². The smallest absolute Gasteiger partial charge is 0.266 e. The van der Waals surface area contributed by atoms with Gasteiger partial charge >= 0.3 is 0 Å². The maximum absolute atomic E-state index is 12.0. The summed E-state index contributed by atoms with van der Waals surface area (Å²) in [6, 6.07) is 0. The molecular weight excluding hydrogens is 248 g/mol. The van der Waals surface area contributed by atoms with Crippen LogP contribution in [0.2, 0.25) is 0 Å². The number of carbonyl (C=O) groups is 3. The molecule has 0 bridgehead atoms. The molecule has 0 unspecified atom stereocenters. The van der Waals surface area contributed by atoms with Gasteiger partial charge in [-0.3, -0.25) is 14.4 Å². The predicted octanol–water partition coefficient (Wildman–Crippen LogP) is -0.646. The standard InChI is InChI=1S/C12H22N4O3/c1-8(17)15-9(6-5-7-13)10(18)16-12(2,3)11(19)14-4/h5-7,13H2,1-4H3,(H,14,19)(H,16,18). The van der Waals surface area contributed by atoms with E-state index in [9.17, 15) is 14.4 Å². The van der Waals surface area contributed by atoms with Crippen molar-refractivity contribution < 1.29 is 14.4 Å². The van der Waals surface area contributed by atoms with Crippen LogP contribution in [0.15, 0.2) is 4.99 Å². The molecule has 0 aliphatic carbocycles. The Morgan fingerprint density at radius 2 is 1.84 bits per heavy atom. The first-order chi connectivity index (χ1) is 8.74. The van der Waals surface area contributed by atoms with Gasteiger partial charge in [-0.15, -0.1) is 0 Å². The fourth-order valence-corrected chi connectivity index (χ4v) is 1.41. The summed E-state index contributed by atoms with van der Waals surface area (Å²) < 4.78 is 0. The van der Waals surface area contributed by atoms with Crippen LogP contribution >= 0.6 is 0 Å². The third-order valence-corrected chi connectivity index (χ3v) is 2.39. The molecule has 0 radical (unpaired) electrons. The highest BCUT2D eigenvalue weighted by Gasteiger charge is 2.29. The molecule has 108 valence electrons. The number of hydrogen-bond acceptors (Lipinski definition) is 4. The zero-order valence-electron chi connectivity index (χ0n) is 11.9. The first-order valence-corrected chi connectivity index (χ1v) is 6.07. The summed E-state index contributed by atoms with van der Waals surface area (Å²) in [5, 5.41) is 5.00. The van der Waals surface area contributed by atoms with Gasteiger partial charge in [0.15, 0.2) is 0 Å². The summed E-state index contributed by atoms with van der Waals surface area (Å²) in [6.07, 6.45) is 0.839. The topological polar surface area (TPSA) is 114 Å². The summed E-state index contributed by atoms with van der Waals surface area (Å²) in [6.45, 7) is 4.79. The van der Waals surface area contributed by atoms with Crippen molar-refractivity contribution in [2.24, 2.45) is 10.7 Å². The Hall–Kier alpha value is -1.76. The number of carbonyl (C=O) groups excluding carboxylic acids is 3. The molecular formula is C12H22N4O3. The van der Waals surface area contributed by atoms with Crippen LogP contribution in [0.4, 0.5) is 0 Å². The summed E-state index contributed by atoms with van der Waals surface area (Å²) >= 11 is 0. The van der Waals surface area contributed by atoms with Gasteiger partial charge in [-0.2, -0.15) is 0 Å². The molecule has 0 aromatic carbocycles. The van der Waals surface area contributed by atoms with E-state index in [1.165, 1.54) is 14.0 Å².